The second-order valence-corrected chi connectivity index (χ2v) is 9.92. The van der Waals surface area contributed by atoms with E-state index in [4.69, 9.17) is 10.2 Å². The molecule has 0 bridgehead atoms. The van der Waals surface area contributed by atoms with Gasteiger partial charge in [-0.25, -0.2) is 9.59 Å². The molecule has 0 saturated carbocycles. The second-order valence-electron chi connectivity index (χ2n) is 9.92. The van der Waals surface area contributed by atoms with Crippen LogP contribution in [0.4, 0.5) is 0 Å². The Balaban J connectivity index is 0. The summed E-state index contributed by atoms with van der Waals surface area (Å²) in [5, 5.41) is 16.9. The maximum atomic E-state index is 10.3. The van der Waals surface area contributed by atoms with Crippen molar-refractivity contribution in [1.82, 2.24) is 0 Å². The molecule has 1 aromatic rings. The molecule has 0 unspecified atom stereocenters. The van der Waals surface area contributed by atoms with Gasteiger partial charge in [0.1, 0.15) is 0 Å². The van der Waals surface area contributed by atoms with Crippen LogP contribution < -0.4 is 0 Å². The van der Waals surface area contributed by atoms with Crippen LogP contribution in [0.3, 0.4) is 0 Å². The molecule has 28 heavy (non-hydrogen) atoms. The minimum Gasteiger partial charge on any atom is -0.478 e. The summed E-state index contributed by atoms with van der Waals surface area (Å²) in [6.45, 7) is 11.5. The lowest BCUT2D eigenvalue weighted by Gasteiger charge is -2.25. The van der Waals surface area contributed by atoms with Crippen LogP contribution in [0, 0.1) is 11.8 Å². The number of carbonyl (C=O) groups is 2. The molecule has 1 aromatic carbocycles. The smallest absolute Gasteiger partial charge is 0.335 e. The van der Waals surface area contributed by atoms with E-state index in [2.05, 4.69) is 70.0 Å². The number of carboxylic acid groups (broad SMARTS) is 2. The number of quaternary nitrogens is 2. The molecular formula is C22H42N2O4+2. The van der Waals surface area contributed by atoms with Gasteiger partial charge in [0.25, 0.3) is 0 Å². The molecule has 1 rings (SSSR count). The quantitative estimate of drug-likeness (QED) is 0.715. The summed E-state index contributed by atoms with van der Waals surface area (Å²) in [6.07, 6.45) is 0. The van der Waals surface area contributed by atoms with Crippen LogP contribution in [0.25, 0.3) is 0 Å². The van der Waals surface area contributed by atoms with E-state index in [-0.39, 0.29) is 11.1 Å². The van der Waals surface area contributed by atoms with Crippen molar-refractivity contribution >= 4 is 11.9 Å². The first-order valence-electron chi connectivity index (χ1n) is 9.62. The number of benzene rings is 1. The Morgan fingerprint density at radius 1 is 0.679 bits per heavy atom. The minimum atomic E-state index is -1.06. The average molecular weight is 399 g/mol. The van der Waals surface area contributed by atoms with Gasteiger partial charge in [0, 0.05) is 11.8 Å². The van der Waals surface area contributed by atoms with Crippen molar-refractivity contribution in [3.63, 3.8) is 0 Å². The Hall–Kier alpha value is -1.92. The standard InChI is InChI=1S/C8H6O4.2C7H18N/c9-7(10)5-1-2-6(4-3-5)8(11)12;2*1-7(2)6-8(3,4)5/h1-4H,(H,9,10)(H,11,12);2*7H,6H2,1-5H3/q;2*+1. The number of hydrogen-bond acceptors (Lipinski definition) is 2. The molecular weight excluding hydrogens is 356 g/mol. The summed E-state index contributed by atoms with van der Waals surface area (Å²) in [6, 6.07) is 5.02. The van der Waals surface area contributed by atoms with E-state index >= 15 is 0 Å². The van der Waals surface area contributed by atoms with Gasteiger partial charge in [0.2, 0.25) is 0 Å². The van der Waals surface area contributed by atoms with Crippen LogP contribution in [-0.2, 0) is 0 Å². The van der Waals surface area contributed by atoms with Crippen molar-refractivity contribution in [2.45, 2.75) is 27.7 Å². The van der Waals surface area contributed by atoms with Gasteiger partial charge >= 0.3 is 11.9 Å². The van der Waals surface area contributed by atoms with E-state index in [0.29, 0.717) is 0 Å². The van der Waals surface area contributed by atoms with Crippen LogP contribution in [0.2, 0.25) is 0 Å². The summed E-state index contributed by atoms with van der Waals surface area (Å²) >= 11 is 0. The van der Waals surface area contributed by atoms with Gasteiger partial charge in [-0.3, -0.25) is 0 Å². The lowest BCUT2D eigenvalue weighted by atomic mass is 10.1. The molecule has 0 atom stereocenters. The van der Waals surface area contributed by atoms with E-state index in [1.807, 2.05) is 0 Å². The van der Waals surface area contributed by atoms with Gasteiger partial charge in [-0.2, -0.15) is 0 Å². The molecule has 0 saturated heterocycles. The van der Waals surface area contributed by atoms with E-state index < -0.39 is 11.9 Å². The SMILES string of the molecule is CC(C)C[N+](C)(C)C.CC(C)C[N+](C)(C)C.O=C(O)c1ccc(C(=O)O)cc1. The van der Waals surface area contributed by atoms with Crippen molar-refractivity contribution in [3.05, 3.63) is 35.4 Å². The monoisotopic (exact) mass is 398 g/mol. The Labute approximate surface area is 171 Å². The third kappa shape index (κ3) is 18.9. The fourth-order valence-electron chi connectivity index (χ4n) is 2.95. The summed E-state index contributed by atoms with van der Waals surface area (Å²) in [5.74, 6) is -0.496. The molecule has 162 valence electrons. The summed E-state index contributed by atoms with van der Waals surface area (Å²) in [7, 11) is 13.3. The molecule has 0 spiro atoms. The van der Waals surface area contributed by atoms with E-state index in [1.165, 1.54) is 37.4 Å². The molecule has 0 fully saturated rings. The maximum absolute atomic E-state index is 10.3. The Morgan fingerprint density at radius 2 is 0.893 bits per heavy atom. The van der Waals surface area contributed by atoms with Crippen molar-refractivity contribution in [2.75, 3.05) is 55.4 Å². The summed E-state index contributed by atoms with van der Waals surface area (Å²) < 4.78 is 2.16. The Kier molecular flexibility index (Phi) is 12.7. The van der Waals surface area contributed by atoms with Gasteiger partial charge in [0.15, 0.2) is 0 Å². The third-order valence-electron chi connectivity index (χ3n) is 3.20. The molecule has 6 heteroatoms. The molecule has 0 aromatic heterocycles. The highest BCUT2D eigenvalue weighted by molar-refractivity contribution is 5.91. The number of hydrogen-bond donors (Lipinski definition) is 2. The fraction of sp³-hybridized carbons (Fsp3) is 0.636. The predicted molar refractivity (Wildman–Crippen MR) is 116 cm³/mol. The topological polar surface area (TPSA) is 74.6 Å². The third-order valence-corrected chi connectivity index (χ3v) is 3.20. The van der Waals surface area contributed by atoms with Crippen LogP contribution >= 0.6 is 0 Å². The van der Waals surface area contributed by atoms with E-state index in [0.717, 1.165) is 20.8 Å². The second kappa shape index (κ2) is 12.5. The van der Waals surface area contributed by atoms with Gasteiger partial charge in [-0.1, -0.05) is 27.7 Å². The number of nitrogens with zero attached hydrogens (tertiary/aromatic N) is 2. The summed E-state index contributed by atoms with van der Waals surface area (Å²) in [5.41, 5.74) is 0.167. The van der Waals surface area contributed by atoms with E-state index in [1.54, 1.807) is 0 Å². The Morgan fingerprint density at radius 3 is 0.964 bits per heavy atom. The molecule has 0 aliphatic carbocycles. The minimum absolute atomic E-state index is 0.0833. The van der Waals surface area contributed by atoms with Crippen molar-refractivity contribution < 1.29 is 28.8 Å². The largest absolute Gasteiger partial charge is 0.478 e. The van der Waals surface area contributed by atoms with Crippen LogP contribution in [0.15, 0.2) is 24.3 Å². The van der Waals surface area contributed by atoms with Gasteiger partial charge in [-0.15, -0.1) is 0 Å². The molecule has 0 heterocycles. The highest BCUT2D eigenvalue weighted by Gasteiger charge is 2.09. The molecule has 6 nitrogen and oxygen atoms in total. The number of carboxylic acids is 2. The summed E-state index contributed by atoms with van der Waals surface area (Å²) in [4.78, 5) is 20.7. The first-order chi connectivity index (χ1) is 12.4. The highest BCUT2D eigenvalue weighted by Crippen LogP contribution is 2.04. The lowest BCUT2D eigenvalue weighted by Crippen LogP contribution is -2.37. The first-order valence-corrected chi connectivity index (χ1v) is 9.62. The zero-order valence-corrected chi connectivity index (χ0v) is 19.5. The highest BCUT2D eigenvalue weighted by atomic mass is 16.4. The van der Waals surface area contributed by atoms with Gasteiger partial charge in [0.05, 0.1) is 66.5 Å². The normalized spacial score (nSPS) is 11.3. The first kappa shape index (κ1) is 28.3. The number of aromatic carboxylic acids is 2. The zero-order chi connectivity index (χ0) is 22.7. The zero-order valence-electron chi connectivity index (χ0n) is 19.5. The van der Waals surface area contributed by atoms with E-state index in [9.17, 15) is 9.59 Å². The molecule has 0 aliphatic heterocycles. The van der Waals surface area contributed by atoms with Crippen LogP contribution in [0.5, 0.6) is 0 Å². The molecule has 0 radical (unpaired) electrons. The molecule has 0 aliphatic rings. The predicted octanol–water partition coefficient (Wildman–Crippen LogP) is 3.78. The lowest BCUT2D eigenvalue weighted by molar-refractivity contribution is -0.873. The fourth-order valence-corrected chi connectivity index (χ4v) is 2.95. The van der Waals surface area contributed by atoms with Gasteiger partial charge in [-0.05, 0) is 24.3 Å². The van der Waals surface area contributed by atoms with Crippen molar-refractivity contribution in [1.29, 1.82) is 0 Å². The van der Waals surface area contributed by atoms with Crippen LogP contribution in [-0.4, -0.2) is 86.5 Å². The number of rotatable bonds is 6. The molecule has 0 amide bonds. The van der Waals surface area contributed by atoms with Crippen molar-refractivity contribution in [3.8, 4) is 0 Å². The Bertz CT molecular complexity index is 527. The van der Waals surface area contributed by atoms with Crippen LogP contribution in [0.1, 0.15) is 48.4 Å². The van der Waals surface area contributed by atoms with Gasteiger partial charge < -0.3 is 19.2 Å². The average Bonchev–Trinajstić information content (AvgIpc) is 2.43. The maximum Gasteiger partial charge on any atom is 0.335 e. The van der Waals surface area contributed by atoms with Crippen molar-refractivity contribution in [2.24, 2.45) is 11.8 Å². The molecule has 2 N–H and O–H groups in total.